The lowest BCUT2D eigenvalue weighted by molar-refractivity contribution is 0.603. The van der Waals surface area contributed by atoms with Crippen LogP contribution in [0.4, 0.5) is 0 Å². The molecule has 142 valence electrons. The van der Waals surface area contributed by atoms with Crippen LogP contribution in [0.1, 0.15) is 43.4 Å². The molecule has 0 saturated heterocycles. The minimum atomic E-state index is -3.59. The number of nitrogens with zero attached hydrogens (tertiary/aromatic N) is 1. The van der Waals surface area contributed by atoms with Crippen molar-refractivity contribution < 1.29 is 8.42 Å². The van der Waals surface area contributed by atoms with E-state index < -0.39 is 10.0 Å². The standard InChI is InChI=1S/C21H24N2O2S2/c1-14(2)17-7-9-18(10-8-17)20-15(3)21(23-27(20,24)25)22-13-16-5-11-19(26-4)12-6-16/h5-12,14H,13H2,1-4H3,(H,22,23). The zero-order valence-corrected chi connectivity index (χ0v) is 17.6. The molecule has 1 aliphatic heterocycles. The zero-order chi connectivity index (χ0) is 19.6. The molecule has 0 amide bonds. The summed E-state index contributed by atoms with van der Waals surface area (Å²) in [7, 11) is -3.59. The van der Waals surface area contributed by atoms with Crippen molar-refractivity contribution in [2.45, 2.75) is 38.1 Å². The number of thioether (sulfide) groups is 1. The fraction of sp³-hybridized carbons (Fsp3) is 0.286. The number of aliphatic imine (C=N–C) groups is 1. The summed E-state index contributed by atoms with van der Waals surface area (Å²) in [5.41, 5.74) is 3.58. The van der Waals surface area contributed by atoms with Crippen LogP contribution in [0, 0.1) is 0 Å². The predicted octanol–water partition coefficient (Wildman–Crippen LogP) is 4.79. The Kier molecular flexibility index (Phi) is 5.77. The van der Waals surface area contributed by atoms with Gasteiger partial charge in [-0.05, 0) is 47.9 Å². The maximum Gasteiger partial charge on any atom is 0.264 e. The van der Waals surface area contributed by atoms with E-state index in [-0.39, 0.29) is 0 Å². The third-order valence-corrected chi connectivity index (χ3v) is 6.90. The van der Waals surface area contributed by atoms with Crippen LogP contribution in [-0.2, 0) is 16.6 Å². The molecule has 3 rings (SSSR count). The molecule has 1 aliphatic rings. The average Bonchev–Trinajstić information content (AvgIpc) is 2.88. The van der Waals surface area contributed by atoms with Gasteiger partial charge in [-0.1, -0.05) is 50.2 Å². The smallest absolute Gasteiger partial charge is 0.263 e. The second kappa shape index (κ2) is 7.90. The summed E-state index contributed by atoms with van der Waals surface area (Å²) in [4.78, 5) is 6.01. The number of rotatable bonds is 5. The molecule has 0 aromatic heterocycles. The van der Waals surface area contributed by atoms with E-state index in [1.165, 1.54) is 10.5 Å². The van der Waals surface area contributed by atoms with Crippen LogP contribution in [0.5, 0.6) is 0 Å². The lowest BCUT2D eigenvalue weighted by Gasteiger charge is -2.07. The highest BCUT2D eigenvalue weighted by molar-refractivity contribution is 8.00. The van der Waals surface area contributed by atoms with Crippen LogP contribution >= 0.6 is 11.8 Å². The van der Waals surface area contributed by atoms with Gasteiger partial charge in [0, 0.05) is 10.5 Å². The van der Waals surface area contributed by atoms with Crippen molar-refractivity contribution in [3.63, 3.8) is 0 Å². The summed E-state index contributed by atoms with van der Waals surface area (Å²) in [6.45, 7) is 6.47. The maximum absolute atomic E-state index is 12.6. The number of amidine groups is 1. The Morgan fingerprint density at radius 3 is 2.22 bits per heavy atom. The largest absolute Gasteiger partial charge is 0.264 e. The van der Waals surface area contributed by atoms with Crippen LogP contribution in [-0.4, -0.2) is 20.5 Å². The third kappa shape index (κ3) is 4.28. The van der Waals surface area contributed by atoms with E-state index in [4.69, 9.17) is 0 Å². The van der Waals surface area contributed by atoms with E-state index in [0.29, 0.717) is 34.3 Å². The monoisotopic (exact) mass is 400 g/mol. The molecule has 0 fully saturated rings. The molecule has 2 aromatic carbocycles. The van der Waals surface area contributed by atoms with Crippen LogP contribution < -0.4 is 4.72 Å². The van der Waals surface area contributed by atoms with E-state index >= 15 is 0 Å². The van der Waals surface area contributed by atoms with E-state index in [2.05, 4.69) is 23.6 Å². The van der Waals surface area contributed by atoms with Gasteiger partial charge in [0.15, 0.2) is 0 Å². The highest BCUT2D eigenvalue weighted by Crippen LogP contribution is 2.31. The number of hydrogen-bond donors (Lipinski definition) is 1. The molecule has 0 radical (unpaired) electrons. The molecule has 1 N–H and O–H groups in total. The van der Waals surface area contributed by atoms with Gasteiger partial charge in [-0.15, -0.1) is 11.8 Å². The summed E-state index contributed by atoms with van der Waals surface area (Å²) in [6.07, 6.45) is 2.03. The van der Waals surface area contributed by atoms with Crippen molar-refractivity contribution in [2.75, 3.05) is 6.26 Å². The molecule has 0 bridgehead atoms. The Hall–Kier alpha value is -2.05. The highest BCUT2D eigenvalue weighted by atomic mass is 32.2. The van der Waals surface area contributed by atoms with Gasteiger partial charge >= 0.3 is 0 Å². The molecule has 4 nitrogen and oxygen atoms in total. The minimum Gasteiger partial charge on any atom is -0.263 e. The van der Waals surface area contributed by atoms with E-state index in [1.807, 2.05) is 54.8 Å². The lowest BCUT2D eigenvalue weighted by atomic mass is 10.0. The fourth-order valence-corrected chi connectivity index (χ4v) is 4.94. The summed E-state index contributed by atoms with van der Waals surface area (Å²) in [5, 5.41) is 0. The topological polar surface area (TPSA) is 58.5 Å². The Morgan fingerprint density at radius 1 is 1.04 bits per heavy atom. The Bertz CT molecular complexity index is 987. The van der Waals surface area contributed by atoms with Crippen molar-refractivity contribution in [3.8, 4) is 0 Å². The molecule has 27 heavy (non-hydrogen) atoms. The van der Waals surface area contributed by atoms with E-state index in [1.54, 1.807) is 18.7 Å². The van der Waals surface area contributed by atoms with Gasteiger partial charge in [-0.3, -0.25) is 9.71 Å². The van der Waals surface area contributed by atoms with Gasteiger partial charge in [0.05, 0.1) is 6.54 Å². The number of sulfonamides is 1. The zero-order valence-electron chi connectivity index (χ0n) is 16.0. The Labute approximate surface area is 165 Å². The summed E-state index contributed by atoms with van der Waals surface area (Å²) < 4.78 is 27.9. The van der Waals surface area contributed by atoms with Crippen LogP contribution in [0.2, 0.25) is 0 Å². The number of nitrogens with one attached hydrogen (secondary N) is 1. The van der Waals surface area contributed by atoms with Crippen LogP contribution in [0.15, 0.2) is 64.0 Å². The molecule has 0 spiro atoms. The molecule has 0 aliphatic carbocycles. The molecule has 0 atom stereocenters. The van der Waals surface area contributed by atoms with E-state index in [9.17, 15) is 8.42 Å². The quantitative estimate of drug-likeness (QED) is 0.734. The van der Waals surface area contributed by atoms with Crippen molar-refractivity contribution in [1.29, 1.82) is 0 Å². The molecular formula is C21H24N2O2S2. The van der Waals surface area contributed by atoms with Gasteiger partial charge in [0.25, 0.3) is 10.0 Å². The first-order valence-electron chi connectivity index (χ1n) is 8.83. The second-order valence-electron chi connectivity index (χ2n) is 6.85. The summed E-state index contributed by atoms with van der Waals surface area (Å²) >= 11 is 1.69. The van der Waals surface area contributed by atoms with Gasteiger partial charge < -0.3 is 0 Å². The van der Waals surface area contributed by atoms with Crippen molar-refractivity contribution in [3.05, 3.63) is 70.8 Å². The van der Waals surface area contributed by atoms with Crippen molar-refractivity contribution >= 4 is 32.5 Å². The molecule has 0 saturated carbocycles. The molecule has 6 heteroatoms. The Morgan fingerprint density at radius 2 is 1.67 bits per heavy atom. The Balaban J connectivity index is 1.89. The normalized spacial score (nSPS) is 17.6. The minimum absolute atomic E-state index is 0.314. The first-order valence-corrected chi connectivity index (χ1v) is 11.5. The first-order chi connectivity index (χ1) is 12.8. The second-order valence-corrected chi connectivity index (χ2v) is 9.35. The first kappa shape index (κ1) is 19.7. The summed E-state index contributed by atoms with van der Waals surface area (Å²) in [6, 6.07) is 15.8. The average molecular weight is 401 g/mol. The number of benzene rings is 2. The summed E-state index contributed by atoms with van der Waals surface area (Å²) in [5.74, 6) is 0.828. The van der Waals surface area contributed by atoms with Gasteiger partial charge in [0.1, 0.15) is 10.7 Å². The van der Waals surface area contributed by atoms with Crippen LogP contribution in [0.3, 0.4) is 0 Å². The lowest BCUT2D eigenvalue weighted by Crippen LogP contribution is -2.23. The number of hydrogen-bond acceptors (Lipinski definition) is 4. The molecule has 2 aromatic rings. The third-order valence-electron chi connectivity index (χ3n) is 4.61. The van der Waals surface area contributed by atoms with Gasteiger partial charge in [0.2, 0.25) is 0 Å². The van der Waals surface area contributed by atoms with Gasteiger partial charge in [-0.2, -0.15) is 0 Å². The SMILES string of the molecule is CSc1ccc(CN=C2NS(=O)(=O)C(c3ccc(C(C)C)cc3)=C2C)cc1. The van der Waals surface area contributed by atoms with Crippen molar-refractivity contribution in [2.24, 2.45) is 4.99 Å². The van der Waals surface area contributed by atoms with E-state index in [0.717, 1.165) is 5.56 Å². The molecular weight excluding hydrogens is 376 g/mol. The highest BCUT2D eigenvalue weighted by Gasteiger charge is 2.32. The fourth-order valence-electron chi connectivity index (χ4n) is 3.01. The maximum atomic E-state index is 12.6. The van der Waals surface area contributed by atoms with Crippen molar-refractivity contribution in [1.82, 2.24) is 4.72 Å². The van der Waals surface area contributed by atoms with Gasteiger partial charge in [-0.25, -0.2) is 8.42 Å². The molecule has 1 heterocycles. The van der Waals surface area contributed by atoms with Crippen LogP contribution in [0.25, 0.3) is 4.91 Å². The predicted molar refractivity (Wildman–Crippen MR) is 115 cm³/mol. The molecule has 0 unspecified atom stereocenters.